The van der Waals surface area contributed by atoms with E-state index in [1.54, 1.807) is 42.8 Å². The molecule has 0 bridgehead atoms. The molecule has 0 saturated carbocycles. The van der Waals surface area contributed by atoms with Crippen molar-refractivity contribution in [1.29, 1.82) is 0 Å². The van der Waals surface area contributed by atoms with Gasteiger partial charge in [0.2, 0.25) is 0 Å². The molecule has 5 aromatic heterocycles. The molecule has 0 spiro atoms. The van der Waals surface area contributed by atoms with Crippen molar-refractivity contribution in [1.82, 2.24) is 49.8 Å². The van der Waals surface area contributed by atoms with Crippen molar-refractivity contribution < 1.29 is 9.90 Å². The van der Waals surface area contributed by atoms with Gasteiger partial charge >= 0.3 is 0 Å². The number of imidazole rings is 1. The molecule has 1 saturated heterocycles. The van der Waals surface area contributed by atoms with Crippen LogP contribution in [0.2, 0.25) is 0 Å². The van der Waals surface area contributed by atoms with Crippen molar-refractivity contribution >= 4 is 33.7 Å². The molecule has 1 aliphatic rings. The smallest absolute Gasteiger partial charge is 0.257 e. The number of piperazine rings is 1. The molecule has 1 amide bonds. The summed E-state index contributed by atoms with van der Waals surface area (Å²) in [6.07, 6.45) is 8.43. The molecule has 0 radical (unpaired) electrons. The standard InChI is InChI=1S/C29H35N11O2/c1-5-39(6-2)28(41)22-16-31-17-23-24(22)34-27(33-23)25-21-12-19(14-32-26(21)37-36-25)18-11-20(15-30-13-18)35-29(3,42)40-9-7-38(4)8-10-40/h11-17,35,42H,5-10H2,1-4H3,(H,33,34)(H,32,36,37). The first-order valence-corrected chi connectivity index (χ1v) is 14.1. The van der Waals surface area contributed by atoms with Gasteiger partial charge < -0.3 is 25.2 Å². The highest BCUT2D eigenvalue weighted by molar-refractivity contribution is 6.05. The number of rotatable bonds is 8. The van der Waals surface area contributed by atoms with Crippen LogP contribution in [0, 0.1) is 0 Å². The number of nitrogens with zero attached hydrogens (tertiary/aromatic N) is 8. The van der Waals surface area contributed by atoms with E-state index in [9.17, 15) is 9.90 Å². The van der Waals surface area contributed by atoms with Gasteiger partial charge in [-0.2, -0.15) is 5.10 Å². The van der Waals surface area contributed by atoms with E-state index in [4.69, 9.17) is 4.98 Å². The lowest BCUT2D eigenvalue weighted by molar-refractivity contribution is -0.0863. The Balaban J connectivity index is 1.31. The van der Waals surface area contributed by atoms with Gasteiger partial charge in [-0.3, -0.25) is 24.8 Å². The summed E-state index contributed by atoms with van der Waals surface area (Å²) < 4.78 is 0. The van der Waals surface area contributed by atoms with Gasteiger partial charge in [0.25, 0.3) is 5.91 Å². The van der Waals surface area contributed by atoms with E-state index in [0.717, 1.165) is 42.7 Å². The predicted molar refractivity (Wildman–Crippen MR) is 161 cm³/mol. The SMILES string of the molecule is CCN(CC)C(=O)c1cncc2[nH]c(-c3[nH]nc4ncc(-c5cncc(NC(C)(O)N6CCN(C)CC6)c5)cc34)nc12. The van der Waals surface area contributed by atoms with Crippen molar-refractivity contribution in [3.05, 3.63) is 48.7 Å². The van der Waals surface area contributed by atoms with Crippen molar-refractivity contribution in [2.24, 2.45) is 0 Å². The molecule has 13 heteroatoms. The third kappa shape index (κ3) is 5.17. The molecule has 6 rings (SSSR count). The number of aromatic amines is 2. The molecule has 0 aromatic carbocycles. The van der Waals surface area contributed by atoms with E-state index < -0.39 is 5.85 Å². The summed E-state index contributed by atoms with van der Waals surface area (Å²) in [6.45, 7) is 10.2. The van der Waals surface area contributed by atoms with Crippen LogP contribution in [0.15, 0.2) is 43.1 Å². The Hall–Kier alpha value is -4.46. The molecular formula is C29H35N11O2. The molecule has 1 fully saturated rings. The summed E-state index contributed by atoms with van der Waals surface area (Å²) in [4.78, 5) is 40.5. The van der Waals surface area contributed by atoms with Gasteiger partial charge in [0.1, 0.15) is 11.2 Å². The molecule has 1 unspecified atom stereocenters. The van der Waals surface area contributed by atoms with Crippen molar-refractivity contribution in [3.63, 3.8) is 0 Å². The monoisotopic (exact) mass is 569 g/mol. The minimum Gasteiger partial charge on any atom is -0.359 e. The van der Waals surface area contributed by atoms with Crippen LogP contribution in [0.4, 0.5) is 5.69 Å². The fourth-order valence-electron chi connectivity index (χ4n) is 5.39. The molecule has 6 heterocycles. The summed E-state index contributed by atoms with van der Waals surface area (Å²) >= 11 is 0. The zero-order valence-electron chi connectivity index (χ0n) is 24.2. The van der Waals surface area contributed by atoms with Crippen LogP contribution in [0.3, 0.4) is 0 Å². The van der Waals surface area contributed by atoms with Gasteiger partial charge in [-0.15, -0.1) is 0 Å². The summed E-state index contributed by atoms with van der Waals surface area (Å²) in [5.74, 6) is -0.796. The third-order valence-corrected chi connectivity index (χ3v) is 7.89. The first kappa shape index (κ1) is 27.7. The van der Waals surface area contributed by atoms with Crippen LogP contribution in [0.25, 0.3) is 44.7 Å². The number of likely N-dealkylation sites (N-methyl/N-ethyl adjacent to an activating group) is 1. The fourth-order valence-corrected chi connectivity index (χ4v) is 5.39. The number of hydrogen-bond donors (Lipinski definition) is 4. The van der Waals surface area contributed by atoms with E-state index in [-0.39, 0.29) is 5.91 Å². The Morgan fingerprint density at radius 3 is 2.55 bits per heavy atom. The normalized spacial score (nSPS) is 16.1. The lowest BCUT2D eigenvalue weighted by atomic mass is 10.1. The average molecular weight is 570 g/mol. The second-order valence-corrected chi connectivity index (χ2v) is 10.7. The Morgan fingerprint density at radius 2 is 1.79 bits per heavy atom. The highest BCUT2D eigenvalue weighted by Gasteiger charge is 2.31. The number of aromatic nitrogens is 7. The number of amides is 1. The fraction of sp³-hybridized carbons (Fsp3) is 0.379. The minimum absolute atomic E-state index is 0.109. The van der Waals surface area contributed by atoms with Gasteiger partial charge in [0.15, 0.2) is 17.3 Å². The molecule has 5 aromatic rings. The minimum atomic E-state index is -1.22. The Kier molecular flexibility index (Phi) is 7.31. The van der Waals surface area contributed by atoms with Crippen LogP contribution >= 0.6 is 0 Å². The number of anilines is 1. The summed E-state index contributed by atoms with van der Waals surface area (Å²) in [7, 11) is 2.08. The molecule has 0 aliphatic carbocycles. The zero-order valence-corrected chi connectivity index (χ0v) is 24.2. The number of pyridine rings is 3. The Bertz CT molecular complexity index is 1730. The maximum absolute atomic E-state index is 13.1. The number of nitrogens with one attached hydrogen (secondary N) is 3. The largest absolute Gasteiger partial charge is 0.359 e. The number of hydrogen-bond acceptors (Lipinski definition) is 10. The average Bonchev–Trinajstić information content (AvgIpc) is 3.61. The number of aliphatic hydroxyl groups is 1. The molecular weight excluding hydrogens is 534 g/mol. The number of carbonyl (C=O) groups is 1. The van der Waals surface area contributed by atoms with Gasteiger partial charge in [0, 0.05) is 69.0 Å². The van der Waals surface area contributed by atoms with Crippen LogP contribution in [0.1, 0.15) is 31.1 Å². The highest BCUT2D eigenvalue weighted by Crippen LogP contribution is 2.31. The first-order chi connectivity index (χ1) is 20.3. The number of fused-ring (bicyclic) bond motifs is 2. The molecule has 1 atom stereocenters. The summed E-state index contributed by atoms with van der Waals surface area (Å²) in [5, 5.41) is 22.6. The van der Waals surface area contributed by atoms with Crippen molar-refractivity contribution in [2.75, 3.05) is 51.6 Å². The molecule has 1 aliphatic heterocycles. The first-order valence-electron chi connectivity index (χ1n) is 14.1. The topological polar surface area (TPSA) is 155 Å². The van der Waals surface area contributed by atoms with E-state index in [2.05, 4.69) is 47.4 Å². The van der Waals surface area contributed by atoms with Crippen LogP contribution in [-0.4, -0.2) is 113 Å². The number of H-pyrrole nitrogens is 2. The summed E-state index contributed by atoms with van der Waals surface area (Å²) in [6, 6.07) is 3.92. The van der Waals surface area contributed by atoms with Gasteiger partial charge in [-0.25, -0.2) is 9.97 Å². The second-order valence-electron chi connectivity index (χ2n) is 10.7. The highest BCUT2D eigenvalue weighted by atomic mass is 16.3. The Labute approximate surface area is 243 Å². The predicted octanol–water partition coefficient (Wildman–Crippen LogP) is 2.77. The quantitative estimate of drug-likeness (QED) is 0.205. The van der Waals surface area contributed by atoms with Gasteiger partial charge in [-0.1, -0.05) is 0 Å². The van der Waals surface area contributed by atoms with Gasteiger partial charge in [0.05, 0.1) is 34.5 Å². The Morgan fingerprint density at radius 1 is 1.05 bits per heavy atom. The summed E-state index contributed by atoms with van der Waals surface area (Å²) in [5.41, 5.74) is 5.20. The van der Waals surface area contributed by atoms with Gasteiger partial charge in [-0.05, 0) is 40.0 Å². The van der Waals surface area contributed by atoms with Crippen molar-refractivity contribution in [3.8, 4) is 22.6 Å². The molecule has 42 heavy (non-hydrogen) atoms. The lowest BCUT2D eigenvalue weighted by Crippen LogP contribution is -2.58. The van der Waals surface area contributed by atoms with E-state index in [0.29, 0.717) is 52.5 Å². The van der Waals surface area contributed by atoms with Crippen LogP contribution < -0.4 is 5.32 Å². The van der Waals surface area contributed by atoms with E-state index in [1.807, 2.05) is 30.9 Å². The zero-order chi connectivity index (χ0) is 29.4. The molecule has 4 N–H and O–H groups in total. The van der Waals surface area contributed by atoms with Crippen LogP contribution in [-0.2, 0) is 0 Å². The molecule has 13 nitrogen and oxygen atoms in total. The lowest BCUT2D eigenvalue weighted by Gasteiger charge is -2.42. The third-order valence-electron chi connectivity index (χ3n) is 7.89. The maximum Gasteiger partial charge on any atom is 0.257 e. The van der Waals surface area contributed by atoms with E-state index >= 15 is 0 Å². The van der Waals surface area contributed by atoms with Crippen molar-refractivity contribution in [2.45, 2.75) is 26.6 Å². The molecule has 218 valence electrons. The van der Waals surface area contributed by atoms with Crippen LogP contribution in [0.5, 0.6) is 0 Å². The number of carbonyl (C=O) groups excluding carboxylic acids is 1. The maximum atomic E-state index is 13.1. The van der Waals surface area contributed by atoms with E-state index in [1.165, 1.54) is 0 Å². The second kappa shape index (κ2) is 11.1.